The molecule has 0 aliphatic carbocycles. The van der Waals surface area contributed by atoms with Crippen molar-refractivity contribution in [3.05, 3.63) is 57.0 Å². The van der Waals surface area contributed by atoms with Crippen molar-refractivity contribution in [3.63, 3.8) is 0 Å². The lowest BCUT2D eigenvalue weighted by atomic mass is 10.2. The van der Waals surface area contributed by atoms with Crippen LogP contribution in [-0.4, -0.2) is 0 Å². The molecule has 2 N–H and O–H groups in total. The van der Waals surface area contributed by atoms with Gasteiger partial charge in [-0.05, 0) is 12.1 Å². The molecular formula is C13H10Cl3NO. The van der Waals surface area contributed by atoms with E-state index in [9.17, 15) is 0 Å². The second-order valence-corrected chi connectivity index (χ2v) is 4.91. The van der Waals surface area contributed by atoms with Crippen LogP contribution in [0, 0.1) is 0 Å². The summed E-state index contributed by atoms with van der Waals surface area (Å²) in [5.41, 5.74) is 7.38. The van der Waals surface area contributed by atoms with E-state index in [-0.39, 0.29) is 0 Å². The van der Waals surface area contributed by atoms with Crippen molar-refractivity contribution in [1.29, 1.82) is 0 Å². The Morgan fingerprint density at radius 2 is 1.61 bits per heavy atom. The molecule has 0 aliphatic heterocycles. The quantitative estimate of drug-likeness (QED) is 0.652. The largest absolute Gasteiger partial charge is 0.487 e. The number of hydrogen-bond acceptors (Lipinski definition) is 2. The van der Waals surface area contributed by atoms with E-state index in [2.05, 4.69) is 0 Å². The number of ether oxygens (including phenoxy) is 1. The van der Waals surface area contributed by atoms with E-state index in [0.29, 0.717) is 33.1 Å². The highest BCUT2D eigenvalue weighted by Gasteiger charge is 2.08. The first-order valence-corrected chi connectivity index (χ1v) is 6.32. The summed E-state index contributed by atoms with van der Waals surface area (Å²) in [5.74, 6) is 0.481. The molecule has 2 nitrogen and oxygen atoms in total. The summed E-state index contributed by atoms with van der Waals surface area (Å²) in [7, 11) is 0. The fraction of sp³-hybridized carbons (Fsp3) is 0.0769. The number of nitrogen functional groups attached to an aromatic ring is 1. The number of para-hydroxylation sites is 1. The molecule has 0 bridgehead atoms. The summed E-state index contributed by atoms with van der Waals surface area (Å²) in [5, 5.41) is 1.21. The first-order valence-electron chi connectivity index (χ1n) is 5.18. The third kappa shape index (κ3) is 3.02. The van der Waals surface area contributed by atoms with Crippen molar-refractivity contribution < 1.29 is 4.74 Å². The molecule has 0 saturated heterocycles. The molecule has 2 aromatic carbocycles. The van der Waals surface area contributed by atoms with Crippen LogP contribution in [0.4, 0.5) is 5.69 Å². The Balaban J connectivity index is 2.16. The van der Waals surface area contributed by atoms with E-state index in [4.69, 9.17) is 45.3 Å². The molecule has 0 unspecified atom stereocenters. The van der Waals surface area contributed by atoms with Crippen LogP contribution in [0.3, 0.4) is 0 Å². The van der Waals surface area contributed by atoms with Gasteiger partial charge in [0, 0.05) is 17.3 Å². The lowest BCUT2D eigenvalue weighted by Crippen LogP contribution is -2.00. The fourth-order valence-corrected chi connectivity index (χ4v) is 2.03. The monoisotopic (exact) mass is 301 g/mol. The van der Waals surface area contributed by atoms with Crippen LogP contribution in [0.2, 0.25) is 15.1 Å². The van der Waals surface area contributed by atoms with Crippen LogP contribution < -0.4 is 10.5 Å². The summed E-state index contributed by atoms with van der Waals surface area (Å²) in [4.78, 5) is 0. The van der Waals surface area contributed by atoms with Crippen LogP contribution in [-0.2, 0) is 6.61 Å². The molecule has 0 radical (unpaired) electrons. The van der Waals surface area contributed by atoms with Gasteiger partial charge in [0.25, 0.3) is 0 Å². The first-order chi connectivity index (χ1) is 8.58. The molecule has 2 rings (SSSR count). The van der Waals surface area contributed by atoms with E-state index in [0.717, 1.165) is 5.56 Å². The molecule has 0 saturated carbocycles. The van der Waals surface area contributed by atoms with E-state index >= 15 is 0 Å². The van der Waals surface area contributed by atoms with Crippen molar-refractivity contribution in [2.24, 2.45) is 0 Å². The van der Waals surface area contributed by atoms with Gasteiger partial charge in [0.15, 0.2) is 0 Å². The minimum Gasteiger partial charge on any atom is -0.487 e. The van der Waals surface area contributed by atoms with Crippen LogP contribution in [0.1, 0.15) is 5.56 Å². The molecule has 0 atom stereocenters. The summed E-state index contributed by atoms with van der Waals surface area (Å²) in [6.45, 7) is 0.324. The zero-order valence-corrected chi connectivity index (χ0v) is 11.6. The zero-order valence-electron chi connectivity index (χ0n) is 9.29. The predicted octanol–water partition coefficient (Wildman–Crippen LogP) is 4.81. The van der Waals surface area contributed by atoms with E-state index in [1.54, 1.807) is 12.1 Å². The molecule has 0 aliphatic rings. The molecule has 0 heterocycles. The van der Waals surface area contributed by atoms with Crippen LogP contribution in [0.25, 0.3) is 0 Å². The number of nitrogens with two attached hydrogens (primary N) is 1. The second kappa shape index (κ2) is 5.70. The molecule has 5 heteroatoms. The molecule has 0 spiro atoms. The maximum absolute atomic E-state index is 6.01. The van der Waals surface area contributed by atoms with Crippen LogP contribution in [0.5, 0.6) is 5.75 Å². The maximum Gasteiger partial charge on any atom is 0.139 e. The Labute approximate surface area is 120 Å². The van der Waals surface area contributed by atoms with Gasteiger partial charge >= 0.3 is 0 Å². The van der Waals surface area contributed by atoms with Gasteiger partial charge < -0.3 is 10.5 Å². The average Bonchev–Trinajstić information content (AvgIpc) is 2.34. The fourth-order valence-electron chi connectivity index (χ4n) is 1.44. The topological polar surface area (TPSA) is 35.2 Å². The van der Waals surface area contributed by atoms with Crippen molar-refractivity contribution in [2.75, 3.05) is 5.73 Å². The Morgan fingerprint density at radius 3 is 2.33 bits per heavy atom. The van der Waals surface area contributed by atoms with Gasteiger partial charge in [0.2, 0.25) is 0 Å². The van der Waals surface area contributed by atoms with E-state index < -0.39 is 0 Å². The molecule has 0 aromatic heterocycles. The summed E-state index contributed by atoms with van der Waals surface area (Å²) in [6, 6.07) is 10.6. The van der Waals surface area contributed by atoms with Crippen molar-refractivity contribution >= 4 is 40.5 Å². The molecule has 0 amide bonds. The highest BCUT2D eigenvalue weighted by molar-refractivity contribution is 6.43. The number of rotatable bonds is 3. The number of halogens is 3. The minimum absolute atomic E-state index is 0.324. The predicted molar refractivity (Wildman–Crippen MR) is 76.7 cm³/mol. The normalized spacial score (nSPS) is 10.4. The summed E-state index contributed by atoms with van der Waals surface area (Å²) >= 11 is 17.7. The Bertz CT molecular complexity index is 572. The molecule has 0 fully saturated rings. The Hall–Kier alpha value is -1.09. The van der Waals surface area contributed by atoms with Gasteiger partial charge in [0.05, 0.1) is 15.1 Å². The zero-order chi connectivity index (χ0) is 13.1. The lowest BCUT2D eigenvalue weighted by Gasteiger charge is -2.10. The third-order valence-electron chi connectivity index (χ3n) is 2.41. The first kappa shape index (κ1) is 13.3. The highest BCUT2D eigenvalue weighted by atomic mass is 35.5. The van der Waals surface area contributed by atoms with Crippen LogP contribution in [0.15, 0.2) is 36.4 Å². The second-order valence-electron chi connectivity index (χ2n) is 3.68. The van der Waals surface area contributed by atoms with Gasteiger partial charge in [0.1, 0.15) is 12.4 Å². The van der Waals surface area contributed by atoms with E-state index in [1.807, 2.05) is 24.3 Å². The van der Waals surface area contributed by atoms with Crippen molar-refractivity contribution in [1.82, 2.24) is 0 Å². The van der Waals surface area contributed by atoms with Gasteiger partial charge in [-0.3, -0.25) is 0 Å². The lowest BCUT2D eigenvalue weighted by molar-refractivity contribution is 0.307. The smallest absolute Gasteiger partial charge is 0.139 e. The standard InChI is InChI=1S/C13H10Cl3NO/c14-9-5-11(16)13(6-10(9)15)18-7-8-3-1-2-4-12(8)17/h1-6H,7,17H2. The summed E-state index contributed by atoms with van der Waals surface area (Å²) < 4.78 is 5.58. The number of anilines is 1. The van der Waals surface area contributed by atoms with Crippen molar-refractivity contribution in [2.45, 2.75) is 6.61 Å². The van der Waals surface area contributed by atoms with Crippen LogP contribution >= 0.6 is 34.8 Å². The third-order valence-corrected chi connectivity index (χ3v) is 3.43. The molecule has 2 aromatic rings. The number of hydrogen-bond donors (Lipinski definition) is 1. The average molecular weight is 303 g/mol. The Morgan fingerprint density at radius 1 is 0.944 bits per heavy atom. The van der Waals surface area contributed by atoms with Gasteiger partial charge in [-0.2, -0.15) is 0 Å². The highest BCUT2D eigenvalue weighted by Crippen LogP contribution is 2.34. The molecule has 94 valence electrons. The SMILES string of the molecule is Nc1ccccc1COc1cc(Cl)c(Cl)cc1Cl. The minimum atomic E-state index is 0.324. The van der Waals surface area contributed by atoms with Crippen molar-refractivity contribution in [3.8, 4) is 5.75 Å². The van der Waals surface area contributed by atoms with E-state index in [1.165, 1.54) is 0 Å². The van der Waals surface area contributed by atoms with Gasteiger partial charge in [-0.1, -0.05) is 53.0 Å². The number of benzene rings is 2. The Kier molecular flexibility index (Phi) is 4.23. The molecule has 18 heavy (non-hydrogen) atoms. The van der Waals surface area contributed by atoms with Gasteiger partial charge in [-0.25, -0.2) is 0 Å². The van der Waals surface area contributed by atoms with Gasteiger partial charge in [-0.15, -0.1) is 0 Å². The molecular weight excluding hydrogens is 293 g/mol. The maximum atomic E-state index is 6.01. The summed E-state index contributed by atoms with van der Waals surface area (Å²) in [6.07, 6.45) is 0.